The Morgan fingerprint density at radius 2 is 1.85 bits per heavy atom. The average Bonchev–Trinajstić information content (AvgIpc) is 3.06. The minimum absolute atomic E-state index is 0.0278. The van der Waals surface area contributed by atoms with Gasteiger partial charge >= 0.3 is 181 Å². The monoisotopic (exact) mass is 783 g/mol. The van der Waals surface area contributed by atoms with Gasteiger partial charge in [-0.1, -0.05) is 13.8 Å². The zero-order valence-corrected chi connectivity index (χ0v) is 24.2. The van der Waals surface area contributed by atoms with Gasteiger partial charge in [-0.2, -0.15) is 0 Å². The summed E-state index contributed by atoms with van der Waals surface area (Å²) in [5.41, 5.74) is 0.885. The zero-order valence-electron chi connectivity index (χ0n) is 15.6. The standard InChI is InChI=1S/C16H19NO5S.C2H6.2Pb/c1-2-23(21,22)11-13-8-14(16(19)20)17(10-13)15(18)9-12-6-4-3-5-7-12;1-2;;/h3-7,9,13-14H,1-2,8,10-11H2,(H,19,20);1-2H3;;. The molecule has 1 saturated heterocycles. The first-order chi connectivity index (χ1) is 12.7. The topological polar surface area (TPSA) is 91.8 Å². The first-order valence-corrected chi connectivity index (χ1v) is 15.7. The minimum atomic E-state index is -3.17. The van der Waals surface area contributed by atoms with Gasteiger partial charge in [-0.25, -0.2) is 0 Å². The third-order valence-electron chi connectivity index (χ3n) is 4.24. The summed E-state index contributed by atoms with van der Waals surface area (Å²) in [6, 6.07) is 8.40. The first-order valence-electron chi connectivity index (χ1n) is 8.89. The molecule has 27 heavy (non-hydrogen) atoms. The van der Waals surface area contributed by atoms with Gasteiger partial charge in [0.25, 0.3) is 0 Å². The van der Waals surface area contributed by atoms with Gasteiger partial charge in [0.15, 0.2) is 0 Å². The molecule has 1 fully saturated rings. The van der Waals surface area contributed by atoms with Crippen LogP contribution in [0.2, 0.25) is 3.98 Å². The second kappa shape index (κ2) is 11.8. The van der Waals surface area contributed by atoms with E-state index in [1.165, 1.54) is 4.90 Å². The van der Waals surface area contributed by atoms with Crippen LogP contribution in [0, 0.1) is 5.92 Å². The number of amides is 1. The summed E-state index contributed by atoms with van der Waals surface area (Å²) in [6.07, 6.45) is 0.213. The summed E-state index contributed by atoms with van der Waals surface area (Å²) in [5, 5.41) is 9.48. The van der Waals surface area contributed by atoms with E-state index in [1.54, 1.807) is 0 Å². The summed E-state index contributed by atoms with van der Waals surface area (Å²) >= 11 is 1.40. The molecule has 1 aromatic rings. The van der Waals surface area contributed by atoms with Gasteiger partial charge < -0.3 is 0 Å². The van der Waals surface area contributed by atoms with Gasteiger partial charge in [-0.3, -0.25) is 0 Å². The fourth-order valence-electron chi connectivity index (χ4n) is 3.07. The van der Waals surface area contributed by atoms with Crippen LogP contribution in [0.1, 0.15) is 29.3 Å². The molecular formula is C18H25NO5Pb2S. The molecule has 0 aliphatic carbocycles. The van der Waals surface area contributed by atoms with Gasteiger partial charge in [-0.05, 0) is 0 Å². The van der Waals surface area contributed by atoms with Crippen LogP contribution in [-0.4, -0.2) is 106 Å². The number of likely N-dealkylation sites (tertiary alicyclic amines) is 1. The molecule has 1 amide bonds. The molecule has 9 heteroatoms. The average molecular weight is 782 g/mol. The van der Waals surface area contributed by atoms with Crippen LogP contribution < -0.4 is 0 Å². The van der Waals surface area contributed by atoms with Crippen LogP contribution in [0.4, 0.5) is 0 Å². The molecule has 146 valence electrons. The molecule has 0 bridgehead atoms. The number of carboxylic acid groups (broad SMARTS) is 1. The van der Waals surface area contributed by atoms with E-state index in [0.29, 0.717) is 29.7 Å². The van der Waals surface area contributed by atoms with Crippen molar-refractivity contribution < 1.29 is 23.1 Å². The number of carbonyl (C=O) groups excluding carboxylic acids is 1. The first kappa shape index (κ1) is 25.0. The predicted octanol–water partition coefficient (Wildman–Crippen LogP) is 1.23. The number of benzene rings is 1. The van der Waals surface area contributed by atoms with Crippen molar-refractivity contribution in [2.45, 2.75) is 33.8 Å². The third kappa shape index (κ3) is 7.37. The second-order valence-corrected chi connectivity index (χ2v) is 12.6. The Hall–Kier alpha value is -0.0458. The van der Waals surface area contributed by atoms with E-state index < -0.39 is 21.8 Å². The number of aliphatic carboxylic acids is 1. The quantitative estimate of drug-likeness (QED) is 0.421. The molecule has 0 spiro atoms. The van der Waals surface area contributed by atoms with Crippen molar-refractivity contribution in [3.8, 4) is 0 Å². The van der Waals surface area contributed by atoms with Crippen molar-refractivity contribution in [3.05, 3.63) is 35.9 Å². The van der Waals surface area contributed by atoms with Crippen LogP contribution in [-0.2, 0) is 19.4 Å². The summed E-state index contributed by atoms with van der Waals surface area (Å²) in [4.78, 5) is 25.8. The number of hydrogen-bond donors (Lipinski definition) is 1. The molecule has 6 radical (unpaired) electrons. The van der Waals surface area contributed by atoms with Crippen molar-refractivity contribution >= 4 is 73.2 Å². The Labute approximate surface area is 193 Å². The van der Waals surface area contributed by atoms with E-state index in [2.05, 4.69) is 0 Å². The predicted molar refractivity (Wildman–Crippen MR) is 107 cm³/mol. The molecule has 1 heterocycles. The summed E-state index contributed by atoms with van der Waals surface area (Å²) in [7, 11) is -3.17. The molecule has 2 rings (SSSR count). The third-order valence-corrected chi connectivity index (χ3v) is 10.7. The van der Waals surface area contributed by atoms with Gasteiger partial charge in [0.2, 0.25) is 0 Å². The zero-order chi connectivity index (χ0) is 20.6. The molecule has 1 aliphatic heterocycles. The number of sulfone groups is 1. The second-order valence-electron chi connectivity index (χ2n) is 6.15. The summed E-state index contributed by atoms with van der Waals surface area (Å²) in [5.74, 6) is -1.42. The number of rotatable bonds is 7. The van der Waals surface area contributed by atoms with Crippen molar-refractivity contribution in [2.24, 2.45) is 5.92 Å². The molecule has 3 atom stereocenters. The van der Waals surface area contributed by atoms with Crippen molar-refractivity contribution in [2.75, 3.05) is 18.1 Å². The van der Waals surface area contributed by atoms with Crippen molar-refractivity contribution in [3.63, 3.8) is 0 Å². The maximum absolute atomic E-state index is 12.9. The van der Waals surface area contributed by atoms with E-state index in [-0.39, 0.29) is 39.8 Å². The van der Waals surface area contributed by atoms with E-state index in [4.69, 9.17) is 0 Å². The molecular weight excluding hydrogens is 757 g/mol. The molecule has 0 aromatic heterocycles. The van der Waals surface area contributed by atoms with Crippen molar-refractivity contribution in [1.82, 2.24) is 4.90 Å². The summed E-state index contributed by atoms with van der Waals surface area (Å²) < 4.78 is 24.5. The number of carboxylic acids is 1. The maximum atomic E-state index is 12.9. The Kier molecular flexibility index (Phi) is 11.0. The molecule has 6 nitrogen and oxygen atoms in total. The van der Waals surface area contributed by atoms with Gasteiger partial charge in [0.1, 0.15) is 0 Å². The number of nitrogens with zero attached hydrogens (tertiary/aromatic N) is 1. The Morgan fingerprint density at radius 3 is 2.37 bits per heavy atom. The van der Waals surface area contributed by atoms with Gasteiger partial charge in [-0.15, -0.1) is 0 Å². The molecule has 1 N–H and O–H groups in total. The Bertz CT molecular complexity index is 727. The van der Waals surface area contributed by atoms with E-state index in [0.717, 1.165) is 31.3 Å². The van der Waals surface area contributed by atoms with E-state index >= 15 is 0 Å². The van der Waals surface area contributed by atoms with Gasteiger partial charge in [0, 0.05) is 0 Å². The molecule has 1 aromatic carbocycles. The van der Waals surface area contributed by atoms with E-state index in [1.807, 2.05) is 44.2 Å². The Balaban J connectivity index is 0.00000176. The van der Waals surface area contributed by atoms with Gasteiger partial charge in [0.05, 0.1) is 0 Å². The number of carbonyl (C=O) groups is 2. The SMILES string of the molecule is CC.O=C(O)C1CC(CS(=O)(=O)C[CH2][Pb])CN1C(=O)[CH]([Pb])c1ccccc1. The molecule has 0 saturated carbocycles. The van der Waals surface area contributed by atoms with E-state index in [9.17, 15) is 23.1 Å². The van der Waals surface area contributed by atoms with Crippen LogP contribution >= 0.6 is 0 Å². The van der Waals surface area contributed by atoms with Crippen LogP contribution in [0.25, 0.3) is 0 Å². The van der Waals surface area contributed by atoms with Crippen molar-refractivity contribution in [1.29, 1.82) is 0 Å². The summed E-state index contributed by atoms with van der Waals surface area (Å²) in [6.45, 7) is 4.21. The molecule has 1 aliphatic rings. The molecule has 3 unspecified atom stereocenters. The number of hydrogen-bond acceptors (Lipinski definition) is 4. The fourth-order valence-corrected chi connectivity index (χ4v) is 9.53. The Morgan fingerprint density at radius 1 is 1.26 bits per heavy atom. The fraction of sp³-hybridized carbons (Fsp3) is 0.556. The van der Waals surface area contributed by atoms with Crippen LogP contribution in [0.15, 0.2) is 30.3 Å². The van der Waals surface area contributed by atoms with Crippen LogP contribution in [0.5, 0.6) is 0 Å². The normalized spacial score (nSPS) is 20.5. The van der Waals surface area contributed by atoms with Crippen LogP contribution in [0.3, 0.4) is 0 Å².